The first kappa shape index (κ1) is 15.0. The second-order valence-corrected chi connectivity index (χ2v) is 6.06. The molecule has 0 N–H and O–H groups in total. The minimum Gasteiger partial charge on any atom is -0.370 e. The van der Waals surface area contributed by atoms with E-state index in [0.29, 0.717) is 16.1 Å². The monoisotopic (exact) mass is 302 g/mol. The van der Waals surface area contributed by atoms with Crippen LogP contribution in [-0.2, 0) is 16.8 Å². The zero-order chi connectivity index (χ0) is 14.0. The highest BCUT2D eigenvalue weighted by atomic mass is 35.5. The molecule has 2 rings (SSSR count). The molecule has 1 aliphatic rings. The quantitative estimate of drug-likeness (QED) is 0.776. The molecule has 0 unspecified atom stereocenters. The fraction of sp³-hybridized carbons (Fsp3) is 0.714. The molecular weight excluding hydrogens is 283 g/mol. The molecule has 5 heteroatoms. The van der Waals surface area contributed by atoms with Gasteiger partial charge in [0.25, 0.3) is 0 Å². The molecule has 106 valence electrons. The number of halogens is 2. The van der Waals surface area contributed by atoms with Crippen molar-refractivity contribution >= 4 is 23.2 Å². The Labute approximate surface area is 124 Å². The second-order valence-electron chi connectivity index (χ2n) is 5.34. The Morgan fingerprint density at radius 3 is 2.16 bits per heavy atom. The van der Waals surface area contributed by atoms with Gasteiger partial charge in [-0.25, -0.2) is 9.97 Å². The molecule has 0 amide bonds. The van der Waals surface area contributed by atoms with Gasteiger partial charge in [0.05, 0.1) is 0 Å². The van der Waals surface area contributed by atoms with Crippen LogP contribution in [0.15, 0.2) is 0 Å². The molecule has 0 saturated heterocycles. The van der Waals surface area contributed by atoms with Crippen LogP contribution >= 0.6 is 23.2 Å². The molecule has 3 nitrogen and oxygen atoms in total. The van der Waals surface area contributed by atoms with E-state index in [0.717, 1.165) is 43.6 Å². The molecule has 0 aliphatic heterocycles. The smallest absolute Gasteiger partial charge is 0.163 e. The summed E-state index contributed by atoms with van der Waals surface area (Å²) in [4.78, 5) is 8.88. The van der Waals surface area contributed by atoms with Crippen LogP contribution in [0.4, 0.5) is 0 Å². The number of hydrogen-bond acceptors (Lipinski definition) is 3. The maximum Gasteiger partial charge on any atom is 0.163 e. The van der Waals surface area contributed by atoms with Crippen LogP contribution < -0.4 is 0 Å². The Morgan fingerprint density at radius 1 is 1.21 bits per heavy atom. The maximum absolute atomic E-state index is 6.21. The first-order chi connectivity index (χ1) is 9.02. The highest BCUT2D eigenvalue weighted by molar-refractivity contribution is 6.34. The van der Waals surface area contributed by atoms with Crippen molar-refractivity contribution in [3.05, 3.63) is 21.7 Å². The third-order valence-electron chi connectivity index (χ3n) is 4.14. The highest BCUT2D eigenvalue weighted by Crippen LogP contribution is 2.41. The van der Waals surface area contributed by atoms with E-state index in [9.17, 15) is 0 Å². The lowest BCUT2D eigenvalue weighted by molar-refractivity contribution is -0.0597. The van der Waals surface area contributed by atoms with Gasteiger partial charge in [-0.3, -0.25) is 0 Å². The Balaban J connectivity index is 2.39. The standard InChI is InChI=1S/C14H20Cl2N2O/c1-4-10-11(15)17-13(18-12(10)16)14(19-3)7-5-9(2)6-8-14/h9H,4-8H2,1-3H3. The normalized spacial score (nSPS) is 27.5. The van der Waals surface area contributed by atoms with Crippen molar-refractivity contribution < 1.29 is 4.74 Å². The minimum absolute atomic E-state index is 0.425. The van der Waals surface area contributed by atoms with Crippen molar-refractivity contribution in [3.8, 4) is 0 Å². The largest absolute Gasteiger partial charge is 0.370 e. The van der Waals surface area contributed by atoms with Crippen LogP contribution in [0.1, 0.15) is 50.9 Å². The Kier molecular flexibility index (Phi) is 4.70. The van der Waals surface area contributed by atoms with Crippen molar-refractivity contribution in [1.82, 2.24) is 9.97 Å². The summed E-state index contributed by atoms with van der Waals surface area (Å²) in [5, 5.41) is 0.903. The molecule has 0 radical (unpaired) electrons. The molecular formula is C14H20Cl2N2O. The zero-order valence-electron chi connectivity index (χ0n) is 11.7. The number of nitrogens with zero attached hydrogens (tertiary/aromatic N) is 2. The summed E-state index contributed by atoms with van der Waals surface area (Å²) in [6.45, 7) is 4.26. The molecule has 1 aromatic heterocycles. The van der Waals surface area contributed by atoms with E-state index in [2.05, 4.69) is 16.9 Å². The summed E-state index contributed by atoms with van der Waals surface area (Å²) in [6.07, 6.45) is 4.80. The average molecular weight is 303 g/mol. The first-order valence-corrected chi connectivity index (χ1v) is 7.55. The Morgan fingerprint density at radius 2 is 1.74 bits per heavy atom. The van der Waals surface area contributed by atoms with E-state index in [1.54, 1.807) is 7.11 Å². The van der Waals surface area contributed by atoms with Gasteiger partial charge >= 0.3 is 0 Å². The fourth-order valence-electron chi connectivity index (χ4n) is 2.67. The van der Waals surface area contributed by atoms with Crippen molar-refractivity contribution in [1.29, 1.82) is 0 Å². The SMILES string of the molecule is CCc1c(Cl)nc(C2(OC)CCC(C)CC2)nc1Cl. The van der Waals surface area contributed by atoms with Crippen LogP contribution in [0, 0.1) is 5.92 Å². The summed E-state index contributed by atoms with van der Waals surface area (Å²) in [5.74, 6) is 1.36. The number of aromatic nitrogens is 2. The predicted octanol–water partition coefficient (Wildman–Crippen LogP) is 4.40. The molecule has 1 aliphatic carbocycles. The van der Waals surface area contributed by atoms with Crippen LogP contribution in [0.5, 0.6) is 0 Å². The molecule has 1 aromatic rings. The van der Waals surface area contributed by atoms with Gasteiger partial charge in [0, 0.05) is 12.7 Å². The van der Waals surface area contributed by atoms with Crippen LogP contribution in [0.3, 0.4) is 0 Å². The zero-order valence-corrected chi connectivity index (χ0v) is 13.2. The van der Waals surface area contributed by atoms with Gasteiger partial charge in [-0.1, -0.05) is 37.0 Å². The average Bonchev–Trinajstić information content (AvgIpc) is 2.39. The molecule has 1 saturated carbocycles. The van der Waals surface area contributed by atoms with Gasteiger partial charge in [-0.15, -0.1) is 0 Å². The van der Waals surface area contributed by atoms with E-state index in [4.69, 9.17) is 27.9 Å². The maximum atomic E-state index is 6.21. The summed E-state index contributed by atoms with van der Waals surface area (Å²) in [5.41, 5.74) is 0.383. The molecule has 0 bridgehead atoms. The molecule has 0 aromatic carbocycles. The van der Waals surface area contributed by atoms with Crippen LogP contribution in [-0.4, -0.2) is 17.1 Å². The molecule has 1 heterocycles. The number of hydrogen-bond donors (Lipinski definition) is 0. The molecule has 0 spiro atoms. The molecule has 1 fully saturated rings. The highest BCUT2D eigenvalue weighted by Gasteiger charge is 2.39. The van der Waals surface area contributed by atoms with Crippen LogP contribution in [0.25, 0.3) is 0 Å². The van der Waals surface area contributed by atoms with Crippen molar-refractivity contribution in [3.63, 3.8) is 0 Å². The minimum atomic E-state index is -0.425. The third kappa shape index (κ3) is 2.88. The van der Waals surface area contributed by atoms with Gasteiger partial charge in [-0.05, 0) is 38.0 Å². The van der Waals surface area contributed by atoms with Gasteiger partial charge < -0.3 is 4.74 Å². The second kappa shape index (κ2) is 5.94. The van der Waals surface area contributed by atoms with E-state index in [1.165, 1.54) is 0 Å². The van der Waals surface area contributed by atoms with E-state index in [-0.39, 0.29) is 0 Å². The molecule has 19 heavy (non-hydrogen) atoms. The number of methoxy groups -OCH3 is 1. The lowest BCUT2D eigenvalue weighted by Crippen LogP contribution is -2.35. The Hall–Kier alpha value is -0.380. The van der Waals surface area contributed by atoms with E-state index in [1.807, 2.05) is 6.92 Å². The van der Waals surface area contributed by atoms with Gasteiger partial charge in [0.2, 0.25) is 0 Å². The predicted molar refractivity (Wildman–Crippen MR) is 77.7 cm³/mol. The number of rotatable bonds is 3. The van der Waals surface area contributed by atoms with Gasteiger partial charge in [0.15, 0.2) is 5.82 Å². The lowest BCUT2D eigenvalue weighted by atomic mass is 9.79. The van der Waals surface area contributed by atoms with Crippen molar-refractivity contribution in [2.45, 2.75) is 51.6 Å². The topological polar surface area (TPSA) is 35.0 Å². The van der Waals surface area contributed by atoms with Gasteiger partial charge in [-0.2, -0.15) is 0 Å². The fourth-order valence-corrected chi connectivity index (χ4v) is 3.33. The summed E-state index contributed by atoms with van der Waals surface area (Å²) in [6, 6.07) is 0. The van der Waals surface area contributed by atoms with E-state index < -0.39 is 5.60 Å². The van der Waals surface area contributed by atoms with Crippen LogP contribution in [0.2, 0.25) is 10.3 Å². The summed E-state index contributed by atoms with van der Waals surface area (Å²) >= 11 is 12.4. The summed E-state index contributed by atoms with van der Waals surface area (Å²) < 4.78 is 5.75. The van der Waals surface area contributed by atoms with E-state index >= 15 is 0 Å². The lowest BCUT2D eigenvalue weighted by Gasteiger charge is -2.37. The van der Waals surface area contributed by atoms with Gasteiger partial charge in [0.1, 0.15) is 15.9 Å². The first-order valence-electron chi connectivity index (χ1n) is 6.80. The molecule has 0 atom stereocenters. The number of ether oxygens (including phenoxy) is 1. The summed E-state index contributed by atoms with van der Waals surface area (Å²) in [7, 11) is 1.72. The third-order valence-corrected chi connectivity index (χ3v) is 4.77. The van der Waals surface area contributed by atoms with Crippen molar-refractivity contribution in [2.75, 3.05) is 7.11 Å². The van der Waals surface area contributed by atoms with Crippen molar-refractivity contribution in [2.24, 2.45) is 5.92 Å². The Bertz CT molecular complexity index is 434.